The Hall–Kier alpha value is -2.93. The van der Waals surface area contributed by atoms with Crippen LogP contribution in [0.5, 0.6) is 11.5 Å². The molecule has 3 rings (SSSR count). The molecule has 2 aromatic heterocycles. The Morgan fingerprint density at radius 1 is 0.731 bits per heavy atom. The summed E-state index contributed by atoms with van der Waals surface area (Å²) in [7, 11) is 4.31. The van der Waals surface area contributed by atoms with E-state index >= 15 is 0 Å². The molecule has 2 aromatic rings. The van der Waals surface area contributed by atoms with Crippen LogP contribution >= 0.6 is 7.66 Å². The number of rotatable bonds is 4. The lowest BCUT2D eigenvalue weighted by Gasteiger charge is -2.27. The number of hydrogen-bond donors (Lipinski definition) is 0. The monoisotopic (exact) mass is 373 g/mol. The third kappa shape index (κ3) is 4.18. The summed E-state index contributed by atoms with van der Waals surface area (Å²) < 4.78 is 21.5. The van der Waals surface area contributed by atoms with E-state index in [0.29, 0.717) is 23.4 Å². The largest absolute Gasteiger partial charge is 0.455 e. The summed E-state index contributed by atoms with van der Waals surface area (Å²) in [6, 6.07) is 6.94. The summed E-state index contributed by atoms with van der Waals surface area (Å²) in [4.78, 5) is 16.1. The first kappa shape index (κ1) is 17.9. The Labute approximate surface area is 152 Å². The second kappa shape index (κ2) is 7.53. The van der Waals surface area contributed by atoms with Crippen LogP contribution in [0.4, 0.5) is 0 Å². The highest BCUT2D eigenvalue weighted by Crippen LogP contribution is 2.54. The van der Waals surface area contributed by atoms with Gasteiger partial charge in [-0.25, -0.2) is 0 Å². The van der Waals surface area contributed by atoms with Gasteiger partial charge in [0.1, 0.15) is 11.5 Å². The van der Waals surface area contributed by atoms with E-state index in [1.807, 2.05) is 28.2 Å². The van der Waals surface area contributed by atoms with E-state index < -0.39 is 7.66 Å². The van der Waals surface area contributed by atoms with Crippen LogP contribution in [0.15, 0.2) is 63.6 Å². The van der Waals surface area contributed by atoms with E-state index in [1.165, 1.54) is 0 Å². The van der Waals surface area contributed by atoms with Crippen LogP contribution in [-0.4, -0.2) is 59.9 Å². The molecule has 0 aromatic carbocycles. The van der Waals surface area contributed by atoms with Gasteiger partial charge in [0.2, 0.25) is 11.9 Å². The molecule has 0 saturated heterocycles. The van der Waals surface area contributed by atoms with Crippen molar-refractivity contribution in [3.8, 4) is 11.5 Å². The molecule has 1 aliphatic heterocycles. The van der Waals surface area contributed by atoms with Gasteiger partial charge in [-0.15, -0.1) is 9.51 Å². The van der Waals surface area contributed by atoms with Crippen molar-refractivity contribution in [2.24, 2.45) is 14.5 Å². The SMILES string of the molecule is CN(C)C1=NC(N(C)C)=NP(Oc2ccncc2)(Oc2ccncc2)=N1. The van der Waals surface area contributed by atoms with Crippen molar-refractivity contribution in [1.29, 1.82) is 0 Å². The van der Waals surface area contributed by atoms with Crippen LogP contribution in [0.25, 0.3) is 0 Å². The van der Waals surface area contributed by atoms with Gasteiger partial charge in [0.05, 0.1) is 0 Å². The minimum absolute atomic E-state index is 0.472. The van der Waals surface area contributed by atoms with Crippen molar-refractivity contribution in [2.45, 2.75) is 0 Å². The average Bonchev–Trinajstić information content (AvgIpc) is 2.62. The van der Waals surface area contributed by atoms with Gasteiger partial charge in [-0.3, -0.25) is 9.97 Å². The minimum Gasteiger partial charge on any atom is -0.413 e. The number of hydrogen-bond acceptors (Lipinski definition) is 9. The van der Waals surface area contributed by atoms with E-state index in [9.17, 15) is 0 Å². The second-order valence-corrected chi connectivity index (χ2v) is 7.49. The summed E-state index contributed by atoms with van der Waals surface area (Å²) in [5.74, 6) is 2.07. The Morgan fingerprint density at radius 2 is 1.19 bits per heavy atom. The van der Waals surface area contributed by atoms with Crippen molar-refractivity contribution in [1.82, 2.24) is 19.8 Å². The third-order valence-electron chi connectivity index (χ3n) is 3.18. The zero-order valence-electron chi connectivity index (χ0n) is 15.0. The summed E-state index contributed by atoms with van der Waals surface area (Å²) in [5, 5.41) is 0. The van der Waals surface area contributed by atoms with Crippen LogP contribution in [0.1, 0.15) is 0 Å². The number of nitrogens with zero attached hydrogens (tertiary/aromatic N) is 7. The van der Waals surface area contributed by atoms with Gasteiger partial charge in [-0.1, -0.05) is 0 Å². The molecule has 9 nitrogen and oxygen atoms in total. The maximum Gasteiger partial charge on any atom is 0.455 e. The summed E-state index contributed by atoms with van der Waals surface area (Å²) in [5.41, 5.74) is 0. The Kier molecular flexibility index (Phi) is 5.18. The zero-order chi connectivity index (χ0) is 18.6. The van der Waals surface area contributed by atoms with E-state index in [0.717, 1.165) is 0 Å². The van der Waals surface area contributed by atoms with Crippen LogP contribution in [-0.2, 0) is 0 Å². The molecule has 0 aliphatic carbocycles. The predicted molar refractivity (Wildman–Crippen MR) is 101 cm³/mol. The molecule has 1 aliphatic rings. The molecule has 3 heterocycles. The normalized spacial score (nSPS) is 15.2. The molecule has 0 spiro atoms. The topological polar surface area (TPSA) is 87.8 Å². The highest BCUT2D eigenvalue weighted by Gasteiger charge is 2.32. The molecule has 10 heteroatoms. The first-order valence-electron chi connectivity index (χ1n) is 7.82. The Balaban J connectivity index is 2.11. The molecule has 0 atom stereocenters. The highest BCUT2D eigenvalue weighted by molar-refractivity contribution is 7.56. The lowest BCUT2D eigenvalue weighted by molar-refractivity contribution is 0.471. The molecular formula is C16H20N7O2P. The van der Waals surface area contributed by atoms with Gasteiger partial charge < -0.3 is 18.8 Å². The Morgan fingerprint density at radius 3 is 1.62 bits per heavy atom. The van der Waals surface area contributed by atoms with Crippen molar-refractivity contribution in [2.75, 3.05) is 28.2 Å². The third-order valence-corrected chi connectivity index (χ3v) is 4.94. The molecule has 0 unspecified atom stereocenters. The lowest BCUT2D eigenvalue weighted by atomic mass is 10.5. The van der Waals surface area contributed by atoms with Gasteiger partial charge in [-0.05, 0) is 24.3 Å². The van der Waals surface area contributed by atoms with Gasteiger partial charge in [0.25, 0.3) is 0 Å². The van der Waals surface area contributed by atoms with E-state index in [-0.39, 0.29) is 0 Å². The highest BCUT2D eigenvalue weighted by atomic mass is 31.2. The first-order chi connectivity index (χ1) is 12.5. The van der Waals surface area contributed by atoms with E-state index in [1.54, 1.807) is 58.9 Å². The van der Waals surface area contributed by atoms with Crippen molar-refractivity contribution in [3.05, 3.63) is 49.1 Å². The number of guanidine groups is 2. The quantitative estimate of drug-likeness (QED) is 0.766. The fraction of sp³-hybridized carbons (Fsp3) is 0.250. The van der Waals surface area contributed by atoms with Gasteiger partial charge in [0.15, 0.2) is 0 Å². The van der Waals surface area contributed by atoms with Gasteiger partial charge >= 0.3 is 7.66 Å². The van der Waals surface area contributed by atoms with Crippen LogP contribution in [0, 0.1) is 0 Å². The van der Waals surface area contributed by atoms with Crippen LogP contribution < -0.4 is 9.05 Å². The average molecular weight is 373 g/mol. The molecule has 0 bridgehead atoms. The molecule has 0 saturated carbocycles. The molecule has 0 radical (unpaired) electrons. The van der Waals surface area contributed by atoms with Gasteiger partial charge in [0, 0.05) is 53.0 Å². The molecule has 0 amide bonds. The summed E-state index contributed by atoms with van der Waals surface area (Å²) in [6.07, 6.45) is 6.55. The fourth-order valence-electron chi connectivity index (χ4n) is 1.93. The molecule has 136 valence electrons. The lowest BCUT2D eigenvalue weighted by Crippen LogP contribution is -2.29. The fourth-order valence-corrected chi connectivity index (χ4v) is 3.87. The van der Waals surface area contributed by atoms with Crippen molar-refractivity contribution >= 4 is 19.6 Å². The number of aromatic nitrogens is 2. The zero-order valence-corrected chi connectivity index (χ0v) is 15.9. The first-order valence-corrected chi connectivity index (χ1v) is 9.36. The summed E-state index contributed by atoms with van der Waals surface area (Å²) in [6.45, 7) is 0. The molecule has 0 N–H and O–H groups in total. The van der Waals surface area contributed by atoms with Crippen LogP contribution in [0.2, 0.25) is 0 Å². The Bertz CT molecular complexity index is 812. The summed E-state index contributed by atoms with van der Waals surface area (Å²) >= 11 is 0. The maximum atomic E-state index is 6.15. The van der Waals surface area contributed by atoms with Crippen molar-refractivity contribution < 1.29 is 9.05 Å². The molecular weight excluding hydrogens is 353 g/mol. The minimum atomic E-state index is -3.11. The molecule has 0 fully saturated rings. The van der Waals surface area contributed by atoms with E-state index in [4.69, 9.17) is 9.05 Å². The number of pyridine rings is 2. The van der Waals surface area contributed by atoms with Crippen molar-refractivity contribution in [3.63, 3.8) is 0 Å². The molecule has 26 heavy (non-hydrogen) atoms. The maximum absolute atomic E-state index is 6.15. The predicted octanol–water partition coefficient (Wildman–Crippen LogP) is 2.73. The smallest absolute Gasteiger partial charge is 0.413 e. The van der Waals surface area contributed by atoms with Crippen LogP contribution in [0.3, 0.4) is 0 Å². The number of aliphatic imine (C=N–C) groups is 1. The van der Waals surface area contributed by atoms with Gasteiger partial charge in [-0.2, -0.15) is 4.99 Å². The standard InChI is InChI=1S/C16H20N7O2P/c1-22(2)15-19-16(23(3)4)21-26(20-15,24-13-5-9-17-10-6-13)25-14-7-11-18-12-8-14/h5-12H,1-4H3. The van der Waals surface area contributed by atoms with E-state index in [2.05, 4.69) is 24.5 Å². The second-order valence-electron chi connectivity index (χ2n) is 5.74.